The van der Waals surface area contributed by atoms with E-state index in [4.69, 9.17) is 16.7 Å². The summed E-state index contributed by atoms with van der Waals surface area (Å²) in [7, 11) is 0. The molecule has 2 N–H and O–H groups in total. The second kappa shape index (κ2) is 6.23. The van der Waals surface area contributed by atoms with Crippen molar-refractivity contribution in [2.24, 2.45) is 0 Å². The molecule has 0 heterocycles. The summed E-state index contributed by atoms with van der Waals surface area (Å²) < 4.78 is 35.1. The minimum absolute atomic E-state index is 0.264. The molecule has 0 aromatic carbocycles. The molecule has 0 spiro atoms. The zero-order valence-electron chi connectivity index (χ0n) is 6.81. The Labute approximate surface area is 79.4 Å². The number of hydrogen-bond acceptors (Lipinski definition) is 2. The Balaban J connectivity index is 3.48. The van der Waals surface area contributed by atoms with Gasteiger partial charge in [0.1, 0.15) is 0 Å². The highest BCUT2D eigenvalue weighted by Gasteiger charge is 2.37. The first-order valence-electron chi connectivity index (χ1n) is 3.65. The number of aliphatic hydroxyl groups excluding tert-OH is 1. The van der Waals surface area contributed by atoms with Gasteiger partial charge in [-0.3, -0.25) is 0 Å². The smallest absolute Gasteiger partial charge is 0.382 e. The molecular formula is C7H11ClF3NO. The summed E-state index contributed by atoms with van der Waals surface area (Å²) in [6, 6.07) is 0. The predicted molar refractivity (Wildman–Crippen MR) is 44.8 cm³/mol. The van der Waals surface area contributed by atoms with Gasteiger partial charge in [0.25, 0.3) is 0 Å². The first-order chi connectivity index (χ1) is 5.98. The molecule has 0 radical (unpaired) electrons. The van der Waals surface area contributed by atoms with Crippen molar-refractivity contribution < 1.29 is 18.3 Å². The lowest BCUT2D eigenvalue weighted by Gasteiger charge is -2.14. The van der Waals surface area contributed by atoms with Crippen LogP contribution in [0.25, 0.3) is 0 Å². The van der Waals surface area contributed by atoms with E-state index >= 15 is 0 Å². The van der Waals surface area contributed by atoms with Crippen LogP contribution in [-0.4, -0.2) is 36.4 Å². The molecule has 0 amide bonds. The Bertz CT molecular complexity index is 160. The van der Waals surface area contributed by atoms with E-state index in [9.17, 15) is 13.2 Å². The highest BCUT2D eigenvalue weighted by Crippen LogP contribution is 2.18. The second-order valence-corrected chi connectivity index (χ2v) is 2.65. The van der Waals surface area contributed by atoms with Crippen LogP contribution >= 0.6 is 11.6 Å². The monoisotopic (exact) mass is 217 g/mol. The van der Waals surface area contributed by atoms with Crippen molar-refractivity contribution in [3.8, 4) is 0 Å². The summed E-state index contributed by atoms with van der Waals surface area (Å²) in [6.45, 7) is -0.240. The van der Waals surface area contributed by atoms with E-state index in [1.54, 1.807) is 12.2 Å². The Hall–Kier alpha value is -0.260. The molecule has 6 heteroatoms. The van der Waals surface area contributed by atoms with Crippen molar-refractivity contribution >= 4 is 11.6 Å². The number of aliphatic hydroxyl groups is 1. The van der Waals surface area contributed by atoms with E-state index in [0.29, 0.717) is 5.88 Å². The molecule has 1 atom stereocenters. The minimum atomic E-state index is -4.55. The van der Waals surface area contributed by atoms with Crippen LogP contribution in [-0.2, 0) is 0 Å². The summed E-state index contributed by atoms with van der Waals surface area (Å²) in [5, 5.41) is 10.9. The van der Waals surface area contributed by atoms with Gasteiger partial charge in [0.2, 0.25) is 0 Å². The molecule has 0 aliphatic rings. The van der Waals surface area contributed by atoms with E-state index in [-0.39, 0.29) is 6.54 Å². The zero-order valence-corrected chi connectivity index (χ0v) is 7.57. The predicted octanol–water partition coefficient (Wildman–Crippen LogP) is 1.29. The maximum atomic E-state index is 11.7. The molecule has 0 bridgehead atoms. The second-order valence-electron chi connectivity index (χ2n) is 2.34. The van der Waals surface area contributed by atoms with Crippen LogP contribution in [0, 0.1) is 0 Å². The molecule has 0 saturated carbocycles. The minimum Gasteiger partial charge on any atom is -0.382 e. The number of halogens is 4. The standard InChI is InChI=1S/C7H11ClF3NO/c8-3-1-2-4-12-5-6(13)7(9,10)11/h1-2,6,12-13H,3-5H2/b2-1+. The zero-order chi connectivity index (χ0) is 10.3. The topological polar surface area (TPSA) is 32.3 Å². The Morgan fingerprint density at radius 1 is 1.38 bits per heavy atom. The van der Waals surface area contributed by atoms with Gasteiger partial charge >= 0.3 is 6.18 Å². The van der Waals surface area contributed by atoms with Crippen LogP contribution in [0.5, 0.6) is 0 Å². The Kier molecular flexibility index (Phi) is 6.11. The lowest BCUT2D eigenvalue weighted by atomic mass is 10.3. The highest BCUT2D eigenvalue weighted by molar-refractivity contribution is 6.18. The van der Waals surface area contributed by atoms with Crippen LogP contribution in [0.2, 0.25) is 0 Å². The molecule has 0 aromatic rings. The fraction of sp³-hybridized carbons (Fsp3) is 0.714. The van der Waals surface area contributed by atoms with Gasteiger partial charge < -0.3 is 10.4 Å². The third-order valence-electron chi connectivity index (χ3n) is 1.23. The lowest BCUT2D eigenvalue weighted by molar-refractivity contribution is -0.201. The molecule has 1 unspecified atom stereocenters. The van der Waals surface area contributed by atoms with Crippen molar-refractivity contribution in [2.45, 2.75) is 12.3 Å². The van der Waals surface area contributed by atoms with Crippen LogP contribution in [0.4, 0.5) is 13.2 Å². The first-order valence-corrected chi connectivity index (χ1v) is 4.18. The number of hydrogen-bond donors (Lipinski definition) is 2. The number of allylic oxidation sites excluding steroid dienone is 1. The van der Waals surface area contributed by atoms with Gasteiger partial charge in [-0.05, 0) is 0 Å². The van der Waals surface area contributed by atoms with Gasteiger partial charge in [-0.15, -0.1) is 11.6 Å². The summed E-state index contributed by atoms with van der Waals surface area (Å²) in [6.07, 6.45) is -3.66. The molecule has 0 aliphatic heterocycles. The van der Waals surface area contributed by atoms with E-state index in [0.717, 1.165) is 0 Å². The maximum Gasteiger partial charge on any atom is 0.415 e. The Morgan fingerprint density at radius 2 is 2.00 bits per heavy atom. The van der Waals surface area contributed by atoms with Crippen molar-refractivity contribution in [2.75, 3.05) is 19.0 Å². The molecule has 13 heavy (non-hydrogen) atoms. The average Bonchev–Trinajstić information content (AvgIpc) is 2.02. The van der Waals surface area contributed by atoms with Crippen molar-refractivity contribution in [3.63, 3.8) is 0 Å². The van der Waals surface area contributed by atoms with E-state index in [1.807, 2.05) is 0 Å². The summed E-state index contributed by atoms with van der Waals surface area (Å²) >= 11 is 5.27. The summed E-state index contributed by atoms with van der Waals surface area (Å²) in [4.78, 5) is 0. The lowest BCUT2D eigenvalue weighted by Crippen LogP contribution is -2.38. The van der Waals surface area contributed by atoms with E-state index in [1.165, 1.54) is 0 Å². The van der Waals surface area contributed by atoms with Crippen LogP contribution in [0.15, 0.2) is 12.2 Å². The molecular weight excluding hydrogens is 207 g/mol. The summed E-state index contributed by atoms with van der Waals surface area (Å²) in [5.41, 5.74) is 0. The fourth-order valence-electron chi connectivity index (χ4n) is 0.565. The van der Waals surface area contributed by atoms with Crippen LogP contribution < -0.4 is 5.32 Å². The third kappa shape index (κ3) is 6.86. The van der Waals surface area contributed by atoms with Crippen molar-refractivity contribution in [1.29, 1.82) is 0 Å². The van der Waals surface area contributed by atoms with Gasteiger partial charge in [0.15, 0.2) is 6.10 Å². The average molecular weight is 218 g/mol. The van der Waals surface area contributed by atoms with Crippen molar-refractivity contribution in [3.05, 3.63) is 12.2 Å². The van der Waals surface area contributed by atoms with Gasteiger partial charge in [0, 0.05) is 19.0 Å². The van der Waals surface area contributed by atoms with Gasteiger partial charge in [0.05, 0.1) is 0 Å². The van der Waals surface area contributed by atoms with Gasteiger partial charge in [-0.2, -0.15) is 13.2 Å². The normalized spacial score (nSPS) is 15.2. The van der Waals surface area contributed by atoms with E-state index in [2.05, 4.69) is 5.32 Å². The SMILES string of the molecule is OC(CNC/C=C/CCl)C(F)(F)F. The first kappa shape index (κ1) is 12.7. The highest BCUT2D eigenvalue weighted by atomic mass is 35.5. The number of nitrogens with one attached hydrogen (secondary N) is 1. The fourth-order valence-corrected chi connectivity index (χ4v) is 0.691. The molecule has 0 aliphatic carbocycles. The van der Waals surface area contributed by atoms with Crippen molar-refractivity contribution in [1.82, 2.24) is 5.32 Å². The Morgan fingerprint density at radius 3 is 2.46 bits per heavy atom. The molecule has 0 rings (SSSR count). The summed E-state index contributed by atoms with van der Waals surface area (Å²) in [5.74, 6) is 0.323. The van der Waals surface area contributed by atoms with Gasteiger partial charge in [-0.25, -0.2) is 0 Å². The number of alkyl halides is 4. The molecule has 0 fully saturated rings. The van der Waals surface area contributed by atoms with Crippen LogP contribution in [0.1, 0.15) is 0 Å². The largest absolute Gasteiger partial charge is 0.415 e. The number of rotatable bonds is 5. The van der Waals surface area contributed by atoms with E-state index < -0.39 is 18.8 Å². The van der Waals surface area contributed by atoms with Crippen LogP contribution in [0.3, 0.4) is 0 Å². The molecule has 0 saturated heterocycles. The molecule has 2 nitrogen and oxygen atoms in total. The molecule has 78 valence electrons. The van der Waals surface area contributed by atoms with Gasteiger partial charge in [-0.1, -0.05) is 12.2 Å². The maximum absolute atomic E-state index is 11.7. The molecule has 0 aromatic heterocycles. The quantitative estimate of drug-likeness (QED) is 0.413. The third-order valence-corrected chi connectivity index (χ3v) is 1.41.